The first-order chi connectivity index (χ1) is 14.7. The van der Waals surface area contributed by atoms with E-state index in [4.69, 9.17) is 9.51 Å². The molecule has 0 bridgehead atoms. The predicted molar refractivity (Wildman–Crippen MR) is 112 cm³/mol. The number of aryl methyl sites for hydroxylation is 2. The molecule has 4 aromatic rings. The molecule has 1 aliphatic rings. The number of nitrogens with zero attached hydrogens (tertiary/aromatic N) is 6. The molecule has 1 atom stereocenters. The Labute approximate surface area is 173 Å². The van der Waals surface area contributed by atoms with Gasteiger partial charge in [0.1, 0.15) is 11.5 Å². The maximum Gasteiger partial charge on any atom is 0.228 e. The molecule has 0 saturated carbocycles. The lowest BCUT2D eigenvalue weighted by molar-refractivity contribution is 0.362. The van der Waals surface area contributed by atoms with Crippen molar-refractivity contribution in [3.8, 4) is 11.4 Å². The Balaban J connectivity index is 1.42. The van der Waals surface area contributed by atoms with Crippen molar-refractivity contribution in [1.29, 1.82) is 0 Å². The zero-order chi connectivity index (χ0) is 20.5. The minimum absolute atomic E-state index is 0.0375. The molecule has 5 heterocycles. The van der Waals surface area contributed by atoms with Crippen LogP contribution in [-0.4, -0.2) is 36.6 Å². The van der Waals surface area contributed by atoms with Crippen molar-refractivity contribution in [3.05, 3.63) is 59.9 Å². The minimum atomic E-state index is 0.0375. The van der Waals surface area contributed by atoms with Crippen molar-refractivity contribution in [3.63, 3.8) is 0 Å². The van der Waals surface area contributed by atoms with E-state index < -0.39 is 0 Å². The largest absolute Gasteiger partial charge is 0.358 e. The van der Waals surface area contributed by atoms with Gasteiger partial charge in [-0.15, -0.1) is 0 Å². The monoisotopic (exact) mass is 402 g/mol. The van der Waals surface area contributed by atoms with Crippen LogP contribution in [0.5, 0.6) is 0 Å². The van der Waals surface area contributed by atoms with Gasteiger partial charge < -0.3 is 19.7 Å². The maximum atomic E-state index is 5.70. The summed E-state index contributed by atoms with van der Waals surface area (Å²) in [5, 5.41) is 7.44. The van der Waals surface area contributed by atoms with Crippen LogP contribution in [0.4, 0.5) is 17.7 Å². The second kappa shape index (κ2) is 7.58. The summed E-state index contributed by atoms with van der Waals surface area (Å²) in [5.74, 6) is 2.82. The van der Waals surface area contributed by atoms with Crippen LogP contribution in [0.2, 0.25) is 0 Å². The van der Waals surface area contributed by atoms with Gasteiger partial charge >= 0.3 is 0 Å². The van der Waals surface area contributed by atoms with Gasteiger partial charge in [-0.05, 0) is 38.8 Å². The van der Waals surface area contributed by atoms with Gasteiger partial charge in [0.25, 0.3) is 0 Å². The summed E-state index contributed by atoms with van der Waals surface area (Å²) >= 11 is 0. The fourth-order valence-electron chi connectivity index (χ4n) is 3.73. The molecule has 0 radical (unpaired) electrons. The second-order valence-electron chi connectivity index (χ2n) is 7.39. The van der Waals surface area contributed by atoms with Crippen LogP contribution in [0.3, 0.4) is 0 Å². The summed E-state index contributed by atoms with van der Waals surface area (Å²) in [6.45, 7) is 4.75. The van der Waals surface area contributed by atoms with Crippen LogP contribution in [0, 0.1) is 13.8 Å². The number of H-pyrrole nitrogens is 1. The van der Waals surface area contributed by atoms with E-state index in [1.165, 1.54) is 0 Å². The first-order valence-corrected chi connectivity index (χ1v) is 9.95. The van der Waals surface area contributed by atoms with E-state index in [9.17, 15) is 0 Å². The summed E-state index contributed by atoms with van der Waals surface area (Å²) in [4.78, 5) is 23.4. The molecule has 2 N–H and O–H groups in total. The van der Waals surface area contributed by atoms with Crippen LogP contribution in [0.15, 0.2) is 47.2 Å². The molecule has 4 aromatic heterocycles. The normalized spacial score (nSPS) is 16.2. The maximum absolute atomic E-state index is 5.70. The van der Waals surface area contributed by atoms with Gasteiger partial charge in [-0.1, -0.05) is 11.2 Å². The van der Waals surface area contributed by atoms with E-state index in [0.717, 1.165) is 47.9 Å². The lowest BCUT2D eigenvalue weighted by Gasteiger charge is -2.23. The number of aromatic amines is 1. The molecular weight excluding hydrogens is 380 g/mol. The van der Waals surface area contributed by atoms with Gasteiger partial charge in [0.05, 0.1) is 17.4 Å². The molecule has 0 amide bonds. The number of aromatic nitrogens is 6. The van der Waals surface area contributed by atoms with Gasteiger partial charge in [-0.2, -0.15) is 4.98 Å². The molecule has 152 valence electrons. The number of rotatable bonds is 5. The zero-order valence-electron chi connectivity index (χ0n) is 16.8. The molecule has 1 aliphatic heterocycles. The molecule has 1 fully saturated rings. The molecule has 0 aliphatic carbocycles. The Morgan fingerprint density at radius 2 is 2.03 bits per heavy atom. The highest BCUT2D eigenvalue weighted by molar-refractivity contribution is 5.55. The first kappa shape index (κ1) is 18.3. The van der Waals surface area contributed by atoms with Crippen LogP contribution in [-0.2, 0) is 0 Å². The van der Waals surface area contributed by atoms with E-state index in [1.54, 1.807) is 6.20 Å². The fraction of sp³-hybridized carbons (Fsp3) is 0.286. The van der Waals surface area contributed by atoms with Gasteiger partial charge in [0.2, 0.25) is 11.9 Å². The lowest BCUT2D eigenvalue weighted by atomic mass is 10.1. The number of anilines is 3. The summed E-state index contributed by atoms with van der Waals surface area (Å²) < 4.78 is 5.70. The third-order valence-corrected chi connectivity index (χ3v) is 5.09. The molecule has 5 rings (SSSR count). The number of pyridine rings is 1. The van der Waals surface area contributed by atoms with E-state index in [-0.39, 0.29) is 6.04 Å². The highest BCUT2D eigenvalue weighted by Crippen LogP contribution is 2.36. The number of nitrogens with one attached hydrogen (secondary N) is 2. The van der Waals surface area contributed by atoms with E-state index in [1.807, 2.05) is 50.4 Å². The van der Waals surface area contributed by atoms with Crippen molar-refractivity contribution in [2.45, 2.75) is 32.7 Å². The zero-order valence-corrected chi connectivity index (χ0v) is 16.8. The van der Waals surface area contributed by atoms with E-state index in [2.05, 4.69) is 35.3 Å². The number of imidazole rings is 1. The number of hydrogen-bond acceptors (Lipinski definition) is 8. The average molecular weight is 402 g/mol. The van der Waals surface area contributed by atoms with Gasteiger partial charge in [0.15, 0.2) is 5.76 Å². The molecule has 0 unspecified atom stereocenters. The Hall–Kier alpha value is -3.75. The molecule has 9 nitrogen and oxygen atoms in total. The lowest BCUT2D eigenvalue weighted by Crippen LogP contribution is -2.25. The van der Waals surface area contributed by atoms with Crippen molar-refractivity contribution in [2.75, 3.05) is 16.8 Å². The predicted octanol–water partition coefficient (Wildman–Crippen LogP) is 3.95. The topological polar surface area (TPSA) is 109 Å². The van der Waals surface area contributed by atoms with Crippen LogP contribution in [0.1, 0.15) is 36.0 Å². The van der Waals surface area contributed by atoms with Crippen LogP contribution >= 0.6 is 0 Å². The average Bonchev–Trinajstić information content (AvgIpc) is 3.48. The van der Waals surface area contributed by atoms with E-state index >= 15 is 0 Å². The minimum Gasteiger partial charge on any atom is -0.358 e. The standard InChI is InChI=1S/C21H22N8O/c1-13-10-19(26-20-23-12-14(2)24-20)27-21(25-13)29-9-5-7-17(29)18-11-16(28-30-18)15-6-3-4-8-22-15/h3-4,6,8,10-12,17H,5,7,9H2,1-2H3,(H2,23,24,25,26,27)/t17-/m0/s1. The Morgan fingerprint density at radius 3 is 2.83 bits per heavy atom. The molecule has 30 heavy (non-hydrogen) atoms. The molecule has 0 aromatic carbocycles. The third-order valence-electron chi connectivity index (χ3n) is 5.09. The van der Waals surface area contributed by atoms with Crippen molar-refractivity contribution in [2.24, 2.45) is 0 Å². The Kier molecular flexibility index (Phi) is 4.62. The summed E-state index contributed by atoms with van der Waals surface area (Å²) in [7, 11) is 0. The highest BCUT2D eigenvalue weighted by Gasteiger charge is 2.32. The Morgan fingerprint density at radius 1 is 1.10 bits per heavy atom. The summed E-state index contributed by atoms with van der Waals surface area (Å²) in [6, 6.07) is 9.65. The smallest absolute Gasteiger partial charge is 0.228 e. The van der Waals surface area contributed by atoms with Gasteiger partial charge in [-0.3, -0.25) is 4.98 Å². The second-order valence-corrected chi connectivity index (χ2v) is 7.39. The highest BCUT2D eigenvalue weighted by atomic mass is 16.5. The molecule has 1 saturated heterocycles. The molecular formula is C21H22N8O. The third kappa shape index (κ3) is 3.61. The SMILES string of the molecule is Cc1cc(Nc2nc(C)c[nH]2)nc(N2CCC[C@H]2c2cc(-c3ccccn3)no2)n1. The van der Waals surface area contributed by atoms with Gasteiger partial charge in [-0.25, -0.2) is 9.97 Å². The Bertz CT molecular complexity index is 1150. The molecule has 9 heteroatoms. The number of hydrogen-bond donors (Lipinski definition) is 2. The van der Waals surface area contributed by atoms with Crippen molar-refractivity contribution in [1.82, 2.24) is 30.1 Å². The van der Waals surface area contributed by atoms with Gasteiger partial charge in [0, 0.05) is 36.8 Å². The summed E-state index contributed by atoms with van der Waals surface area (Å²) in [5.41, 5.74) is 3.32. The first-order valence-electron chi connectivity index (χ1n) is 9.95. The van der Waals surface area contributed by atoms with E-state index in [0.29, 0.717) is 17.7 Å². The van der Waals surface area contributed by atoms with Crippen molar-refractivity contribution >= 4 is 17.7 Å². The van der Waals surface area contributed by atoms with Crippen molar-refractivity contribution < 1.29 is 4.52 Å². The summed E-state index contributed by atoms with van der Waals surface area (Å²) in [6.07, 6.45) is 5.58. The van der Waals surface area contributed by atoms with Crippen LogP contribution in [0.25, 0.3) is 11.4 Å². The quantitative estimate of drug-likeness (QED) is 0.516. The molecule has 0 spiro atoms. The van der Waals surface area contributed by atoms with Crippen LogP contribution < -0.4 is 10.2 Å². The fourth-order valence-corrected chi connectivity index (χ4v) is 3.73.